The summed E-state index contributed by atoms with van der Waals surface area (Å²) >= 11 is 0. The first kappa shape index (κ1) is 18.2. The van der Waals surface area contributed by atoms with Gasteiger partial charge in [0.25, 0.3) is 0 Å². The Bertz CT molecular complexity index is 221. The van der Waals surface area contributed by atoms with E-state index < -0.39 is 10.0 Å². The molecule has 0 radical (unpaired) electrons. The van der Waals surface area contributed by atoms with Crippen molar-refractivity contribution in [1.29, 1.82) is 0 Å². The van der Waals surface area contributed by atoms with Gasteiger partial charge >= 0.3 is 0 Å². The van der Waals surface area contributed by atoms with Crippen molar-refractivity contribution in [2.75, 3.05) is 25.4 Å². The maximum Gasteiger partial charge on any atom is 0.216 e. The molecule has 0 atom stereocenters. The lowest BCUT2D eigenvalue weighted by atomic mass is 10.2. The van der Waals surface area contributed by atoms with Crippen molar-refractivity contribution in [3.63, 3.8) is 0 Å². The van der Waals surface area contributed by atoms with E-state index >= 15 is 0 Å². The molecule has 1 rings (SSSR count). The van der Waals surface area contributed by atoms with Gasteiger partial charge in [0, 0.05) is 13.1 Å². The van der Waals surface area contributed by atoms with Gasteiger partial charge in [0.15, 0.2) is 0 Å². The van der Waals surface area contributed by atoms with E-state index in [2.05, 4.69) is 0 Å². The van der Waals surface area contributed by atoms with E-state index in [0.29, 0.717) is 13.1 Å². The summed E-state index contributed by atoms with van der Waals surface area (Å²) in [5.41, 5.74) is 0. The van der Waals surface area contributed by atoms with Crippen LogP contribution in [0.5, 0.6) is 0 Å². The minimum atomic E-state index is -3.15. The number of aliphatic hydroxyl groups excluding tert-OH is 1. The Morgan fingerprint density at radius 1 is 1.00 bits per heavy atom. The van der Waals surface area contributed by atoms with E-state index in [1.807, 2.05) is 27.7 Å². The van der Waals surface area contributed by atoms with E-state index in [0.717, 1.165) is 19.3 Å². The number of nitrogens with zero attached hydrogens (tertiary/aromatic N) is 1. The normalized spacial score (nSPS) is 16.6. The van der Waals surface area contributed by atoms with Crippen LogP contribution in [0.15, 0.2) is 0 Å². The van der Waals surface area contributed by atoms with Crippen molar-refractivity contribution in [3.05, 3.63) is 0 Å². The molecule has 5 heteroatoms. The molecule has 0 unspecified atom stereocenters. The van der Waals surface area contributed by atoms with Crippen LogP contribution >= 0.6 is 0 Å². The zero-order chi connectivity index (χ0) is 13.0. The average molecular weight is 253 g/mol. The molecule has 0 aromatic heterocycles. The Morgan fingerprint density at radius 2 is 1.44 bits per heavy atom. The van der Waals surface area contributed by atoms with Gasteiger partial charge in [0.1, 0.15) is 0 Å². The summed E-state index contributed by atoms with van der Waals surface area (Å²) in [4.78, 5) is 0. The van der Waals surface area contributed by atoms with Crippen LogP contribution in [0.2, 0.25) is 0 Å². The van der Waals surface area contributed by atoms with Crippen molar-refractivity contribution >= 4 is 10.0 Å². The molecule has 1 aliphatic heterocycles. The maximum absolute atomic E-state index is 11.4. The highest BCUT2D eigenvalue weighted by molar-refractivity contribution is 7.89. The molecule has 0 spiro atoms. The molecule has 1 heterocycles. The second kappa shape index (κ2) is 11.4. The van der Waals surface area contributed by atoms with Gasteiger partial charge in [0.2, 0.25) is 10.0 Å². The van der Waals surface area contributed by atoms with Gasteiger partial charge in [-0.3, -0.25) is 0 Å². The standard InChI is InChI=1S/C7H15NO3S.2C2H6/c9-6-7-12(10,11)8-4-2-1-3-5-8;2*1-2/h9H,1-7H2;2*1-2H3. The maximum atomic E-state index is 11.4. The van der Waals surface area contributed by atoms with E-state index in [9.17, 15) is 8.42 Å². The zero-order valence-corrected chi connectivity index (χ0v) is 11.9. The predicted octanol–water partition coefficient (Wildman–Crippen LogP) is 1.85. The number of hydrogen-bond donors (Lipinski definition) is 1. The fourth-order valence-electron chi connectivity index (χ4n) is 1.39. The third-order valence-corrected chi connectivity index (χ3v) is 3.91. The number of sulfonamides is 1. The largest absolute Gasteiger partial charge is 0.395 e. The summed E-state index contributed by atoms with van der Waals surface area (Å²) in [5.74, 6) is -0.132. The fourth-order valence-corrected chi connectivity index (χ4v) is 2.69. The Hall–Kier alpha value is -0.130. The first-order chi connectivity index (χ1) is 7.67. The van der Waals surface area contributed by atoms with Crippen molar-refractivity contribution in [2.45, 2.75) is 47.0 Å². The molecule has 1 aliphatic rings. The van der Waals surface area contributed by atoms with Crippen LogP contribution in [-0.4, -0.2) is 43.3 Å². The van der Waals surface area contributed by atoms with Gasteiger partial charge in [-0.25, -0.2) is 12.7 Å². The SMILES string of the molecule is CC.CC.O=S(=O)(CCO)N1CCCCC1. The third-order valence-electron chi connectivity index (χ3n) is 2.06. The number of piperidine rings is 1. The lowest BCUT2D eigenvalue weighted by Gasteiger charge is -2.25. The highest BCUT2D eigenvalue weighted by atomic mass is 32.2. The highest BCUT2D eigenvalue weighted by Gasteiger charge is 2.22. The third kappa shape index (κ3) is 7.19. The monoisotopic (exact) mass is 253 g/mol. The van der Waals surface area contributed by atoms with Crippen molar-refractivity contribution in [2.24, 2.45) is 0 Å². The average Bonchev–Trinajstić information content (AvgIpc) is 2.35. The molecule has 0 aromatic rings. The van der Waals surface area contributed by atoms with Crippen LogP contribution in [0.4, 0.5) is 0 Å². The molecule has 1 saturated heterocycles. The minimum Gasteiger partial charge on any atom is -0.395 e. The Kier molecular flexibility index (Phi) is 12.9. The first-order valence-corrected chi connectivity index (χ1v) is 7.86. The van der Waals surface area contributed by atoms with Crippen LogP contribution in [-0.2, 0) is 10.0 Å². The summed E-state index contributed by atoms with van der Waals surface area (Å²) in [6.07, 6.45) is 3.01. The molecule has 1 N–H and O–H groups in total. The Morgan fingerprint density at radius 3 is 1.81 bits per heavy atom. The van der Waals surface area contributed by atoms with E-state index in [4.69, 9.17) is 5.11 Å². The zero-order valence-electron chi connectivity index (χ0n) is 11.1. The lowest BCUT2D eigenvalue weighted by Crippen LogP contribution is -2.37. The van der Waals surface area contributed by atoms with E-state index in [-0.39, 0.29) is 12.4 Å². The molecule has 100 valence electrons. The highest BCUT2D eigenvalue weighted by Crippen LogP contribution is 2.12. The van der Waals surface area contributed by atoms with Crippen molar-refractivity contribution in [1.82, 2.24) is 4.31 Å². The predicted molar refractivity (Wildman–Crippen MR) is 69.0 cm³/mol. The number of hydrogen-bond acceptors (Lipinski definition) is 3. The molecule has 0 bridgehead atoms. The van der Waals surface area contributed by atoms with Crippen LogP contribution in [0.1, 0.15) is 47.0 Å². The van der Waals surface area contributed by atoms with Crippen molar-refractivity contribution < 1.29 is 13.5 Å². The quantitative estimate of drug-likeness (QED) is 0.835. The van der Waals surface area contributed by atoms with Crippen LogP contribution in [0, 0.1) is 0 Å². The van der Waals surface area contributed by atoms with E-state index in [1.54, 1.807) is 0 Å². The number of aliphatic hydroxyl groups is 1. The first-order valence-electron chi connectivity index (χ1n) is 6.25. The number of rotatable bonds is 3. The second-order valence-electron chi connectivity index (χ2n) is 3.00. The van der Waals surface area contributed by atoms with Crippen molar-refractivity contribution in [3.8, 4) is 0 Å². The molecule has 4 nitrogen and oxygen atoms in total. The second-order valence-corrected chi connectivity index (χ2v) is 5.09. The topological polar surface area (TPSA) is 57.6 Å². The van der Waals surface area contributed by atoms with Crippen LogP contribution in [0.25, 0.3) is 0 Å². The Labute approximate surface area is 101 Å². The van der Waals surface area contributed by atoms with Gasteiger partial charge in [-0.15, -0.1) is 0 Å². The molecule has 0 saturated carbocycles. The molecule has 0 amide bonds. The van der Waals surface area contributed by atoms with Gasteiger partial charge in [-0.2, -0.15) is 0 Å². The minimum absolute atomic E-state index is 0.132. The smallest absolute Gasteiger partial charge is 0.216 e. The van der Waals surface area contributed by atoms with Crippen LogP contribution < -0.4 is 0 Å². The summed E-state index contributed by atoms with van der Waals surface area (Å²) in [5, 5.41) is 8.53. The Balaban J connectivity index is 0. The van der Waals surface area contributed by atoms with Crippen LogP contribution in [0.3, 0.4) is 0 Å². The lowest BCUT2D eigenvalue weighted by molar-refractivity contribution is 0.307. The molecule has 16 heavy (non-hydrogen) atoms. The molecule has 0 aliphatic carbocycles. The summed E-state index contributed by atoms with van der Waals surface area (Å²) in [6.45, 7) is 8.98. The molecular formula is C11H27NO3S. The van der Waals surface area contributed by atoms with Gasteiger partial charge in [-0.05, 0) is 12.8 Å². The summed E-state index contributed by atoms with van der Waals surface area (Å²) in [6, 6.07) is 0. The summed E-state index contributed by atoms with van der Waals surface area (Å²) < 4.78 is 24.2. The van der Waals surface area contributed by atoms with E-state index in [1.165, 1.54) is 4.31 Å². The van der Waals surface area contributed by atoms with Gasteiger partial charge < -0.3 is 5.11 Å². The molecule has 0 aromatic carbocycles. The summed E-state index contributed by atoms with van der Waals surface area (Å²) in [7, 11) is -3.15. The van der Waals surface area contributed by atoms with Gasteiger partial charge in [-0.1, -0.05) is 34.1 Å². The van der Waals surface area contributed by atoms with Gasteiger partial charge in [0.05, 0.1) is 12.4 Å². The molecular weight excluding hydrogens is 226 g/mol. The fraction of sp³-hybridized carbons (Fsp3) is 1.00. The molecule has 1 fully saturated rings.